The molecular formula is C16H14BrClFNO2. The van der Waals surface area contributed by atoms with Crippen LogP contribution in [0.1, 0.15) is 18.5 Å². The molecule has 3 nitrogen and oxygen atoms in total. The van der Waals surface area contributed by atoms with Gasteiger partial charge in [0.1, 0.15) is 0 Å². The first kappa shape index (κ1) is 16.8. The number of carbonyl (C=O) groups is 1. The van der Waals surface area contributed by atoms with Gasteiger partial charge < -0.3 is 10.1 Å². The summed E-state index contributed by atoms with van der Waals surface area (Å²) in [6, 6.07) is 11.4. The average Bonchev–Trinajstić information content (AvgIpc) is 2.47. The van der Waals surface area contributed by atoms with Gasteiger partial charge in [-0.05, 0) is 42.8 Å². The number of benzene rings is 2. The second-order valence-electron chi connectivity index (χ2n) is 4.70. The van der Waals surface area contributed by atoms with Crippen molar-refractivity contribution in [3.8, 4) is 5.75 Å². The predicted molar refractivity (Wildman–Crippen MR) is 87.6 cm³/mol. The van der Waals surface area contributed by atoms with Crippen molar-refractivity contribution in [2.24, 2.45) is 0 Å². The molecule has 0 aromatic heterocycles. The van der Waals surface area contributed by atoms with Gasteiger partial charge in [-0.25, -0.2) is 4.39 Å². The molecule has 0 heterocycles. The number of carbonyl (C=O) groups excluding carboxylic acids is 1. The summed E-state index contributed by atoms with van der Waals surface area (Å²) >= 11 is 8.98. The lowest BCUT2D eigenvalue weighted by atomic mass is 10.1. The minimum atomic E-state index is -0.520. The topological polar surface area (TPSA) is 38.3 Å². The Morgan fingerprint density at radius 1 is 1.32 bits per heavy atom. The Kier molecular flexibility index (Phi) is 5.80. The monoisotopic (exact) mass is 385 g/mol. The van der Waals surface area contributed by atoms with Crippen LogP contribution in [0.4, 0.5) is 4.39 Å². The standard InChI is InChI=1S/C16H14BrClFNO2/c1-10(11-2-5-13(18)6-3-11)20-16(21)9-22-15-7-4-12(17)8-14(15)19/h2-8,10H,9H2,1H3,(H,20,21). The van der Waals surface area contributed by atoms with E-state index in [1.807, 2.05) is 19.1 Å². The van der Waals surface area contributed by atoms with E-state index in [2.05, 4.69) is 21.2 Å². The van der Waals surface area contributed by atoms with Crippen LogP contribution >= 0.6 is 27.5 Å². The van der Waals surface area contributed by atoms with Crippen molar-refractivity contribution in [1.82, 2.24) is 5.32 Å². The van der Waals surface area contributed by atoms with E-state index in [4.69, 9.17) is 16.3 Å². The van der Waals surface area contributed by atoms with Crippen LogP contribution < -0.4 is 10.1 Å². The number of hydrogen-bond acceptors (Lipinski definition) is 2. The molecule has 0 saturated carbocycles. The van der Waals surface area contributed by atoms with E-state index in [1.54, 1.807) is 18.2 Å². The Morgan fingerprint density at radius 3 is 2.64 bits per heavy atom. The number of nitrogens with one attached hydrogen (secondary N) is 1. The molecule has 2 rings (SSSR count). The molecule has 1 N–H and O–H groups in total. The van der Waals surface area contributed by atoms with Gasteiger partial charge in [0.05, 0.1) is 6.04 Å². The molecule has 0 aliphatic heterocycles. The average molecular weight is 387 g/mol. The zero-order valence-corrected chi connectivity index (χ0v) is 14.1. The molecule has 0 saturated heterocycles. The van der Waals surface area contributed by atoms with Crippen molar-refractivity contribution in [3.63, 3.8) is 0 Å². The number of ether oxygens (including phenoxy) is 1. The maximum Gasteiger partial charge on any atom is 0.258 e. The summed E-state index contributed by atoms with van der Waals surface area (Å²) in [6.07, 6.45) is 0. The van der Waals surface area contributed by atoms with Crippen LogP contribution in [0.2, 0.25) is 5.02 Å². The zero-order valence-electron chi connectivity index (χ0n) is 11.8. The summed E-state index contributed by atoms with van der Waals surface area (Å²) in [7, 11) is 0. The quantitative estimate of drug-likeness (QED) is 0.822. The predicted octanol–water partition coefficient (Wildman–Crippen LogP) is 4.50. The Balaban J connectivity index is 1.88. The number of hydrogen-bond donors (Lipinski definition) is 1. The minimum absolute atomic E-state index is 0.0393. The highest BCUT2D eigenvalue weighted by Crippen LogP contribution is 2.21. The van der Waals surface area contributed by atoms with Crippen molar-refractivity contribution in [2.75, 3.05) is 6.61 Å². The van der Waals surface area contributed by atoms with Crippen molar-refractivity contribution < 1.29 is 13.9 Å². The lowest BCUT2D eigenvalue weighted by Crippen LogP contribution is -2.31. The summed E-state index contributed by atoms with van der Waals surface area (Å²) in [6.45, 7) is 1.60. The van der Waals surface area contributed by atoms with Crippen molar-refractivity contribution in [2.45, 2.75) is 13.0 Å². The molecule has 1 unspecified atom stereocenters. The van der Waals surface area contributed by atoms with E-state index >= 15 is 0 Å². The van der Waals surface area contributed by atoms with Crippen LogP contribution in [-0.2, 0) is 4.79 Å². The van der Waals surface area contributed by atoms with Gasteiger partial charge in [-0.15, -0.1) is 0 Å². The van der Waals surface area contributed by atoms with Gasteiger partial charge in [0.25, 0.3) is 5.91 Å². The second kappa shape index (κ2) is 7.61. The fourth-order valence-corrected chi connectivity index (χ4v) is 2.31. The third-order valence-electron chi connectivity index (χ3n) is 3.00. The van der Waals surface area contributed by atoms with Gasteiger partial charge in [0, 0.05) is 9.50 Å². The molecule has 1 atom stereocenters. The molecule has 0 aliphatic rings. The maximum absolute atomic E-state index is 13.6. The number of rotatable bonds is 5. The molecular weight excluding hydrogens is 373 g/mol. The third-order valence-corrected chi connectivity index (χ3v) is 3.75. The molecule has 0 radical (unpaired) electrons. The molecule has 2 aromatic rings. The Morgan fingerprint density at radius 2 is 2.00 bits per heavy atom. The lowest BCUT2D eigenvalue weighted by Gasteiger charge is -2.15. The first-order chi connectivity index (χ1) is 10.5. The van der Waals surface area contributed by atoms with Crippen molar-refractivity contribution in [1.29, 1.82) is 0 Å². The van der Waals surface area contributed by atoms with Gasteiger partial charge >= 0.3 is 0 Å². The normalized spacial score (nSPS) is 11.8. The third kappa shape index (κ3) is 4.71. The van der Waals surface area contributed by atoms with Gasteiger partial charge in [0.2, 0.25) is 0 Å². The van der Waals surface area contributed by atoms with E-state index in [0.29, 0.717) is 9.50 Å². The smallest absolute Gasteiger partial charge is 0.258 e. The highest BCUT2D eigenvalue weighted by atomic mass is 79.9. The summed E-state index contributed by atoms with van der Waals surface area (Å²) in [5.74, 6) is -0.810. The molecule has 0 spiro atoms. The Bertz CT molecular complexity index is 664. The SMILES string of the molecule is CC(NC(=O)COc1ccc(Br)cc1F)c1ccc(Cl)cc1. The Labute approximate surface area is 141 Å². The molecule has 6 heteroatoms. The summed E-state index contributed by atoms with van der Waals surface area (Å²) in [5, 5.41) is 3.41. The van der Waals surface area contributed by atoms with Crippen LogP contribution in [0.15, 0.2) is 46.9 Å². The van der Waals surface area contributed by atoms with E-state index in [1.165, 1.54) is 12.1 Å². The largest absolute Gasteiger partial charge is 0.481 e. The highest BCUT2D eigenvalue weighted by molar-refractivity contribution is 9.10. The zero-order chi connectivity index (χ0) is 16.1. The van der Waals surface area contributed by atoms with Crippen LogP contribution in [0.3, 0.4) is 0 Å². The molecule has 0 aliphatic carbocycles. The molecule has 22 heavy (non-hydrogen) atoms. The maximum atomic E-state index is 13.6. The molecule has 0 bridgehead atoms. The molecule has 0 fully saturated rings. The van der Waals surface area contributed by atoms with Crippen LogP contribution in [0.5, 0.6) is 5.75 Å². The van der Waals surface area contributed by atoms with Gasteiger partial charge in [0.15, 0.2) is 18.2 Å². The minimum Gasteiger partial charge on any atom is -0.481 e. The van der Waals surface area contributed by atoms with E-state index in [0.717, 1.165) is 5.56 Å². The van der Waals surface area contributed by atoms with Crippen LogP contribution in [0, 0.1) is 5.82 Å². The fourth-order valence-electron chi connectivity index (χ4n) is 1.85. The van der Waals surface area contributed by atoms with E-state index in [-0.39, 0.29) is 24.3 Å². The first-order valence-corrected chi connectivity index (χ1v) is 7.75. The van der Waals surface area contributed by atoms with Crippen LogP contribution in [-0.4, -0.2) is 12.5 Å². The Hall–Kier alpha value is -1.59. The highest BCUT2D eigenvalue weighted by Gasteiger charge is 2.11. The number of amides is 1. The number of halogens is 3. The molecule has 2 aromatic carbocycles. The fraction of sp³-hybridized carbons (Fsp3) is 0.188. The van der Waals surface area contributed by atoms with Gasteiger partial charge in [-0.3, -0.25) is 4.79 Å². The van der Waals surface area contributed by atoms with Gasteiger partial charge in [-0.1, -0.05) is 39.7 Å². The summed E-state index contributed by atoms with van der Waals surface area (Å²) in [5.41, 5.74) is 0.924. The van der Waals surface area contributed by atoms with E-state index < -0.39 is 5.82 Å². The van der Waals surface area contributed by atoms with Gasteiger partial charge in [-0.2, -0.15) is 0 Å². The molecule has 1 amide bonds. The van der Waals surface area contributed by atoms with Crippen molar-refractivity contribution >= 4 is 33.4 Å². The summed E-state index contributed by atoms with van der Waals surface area (Å²) < 4.78 is 19.4. The van der Waals surface area contributed by atoms with Crippen molar-refractivity contribution in [3.05, 3.63) is 63.3 Å². The van der Waals surface area contributed by atoms with E-state index in [9.17, 15) is 9.18 Å². The molecule has 116 valence electrons. The second-order valence-corrected chi connectivity index (χ2v) is 6.06. The summed E-state index contributed by atoms with van der Waals surface area (Å²) in [4.78, 5) is 11.9. The lowest BCUT2D eigenvalue weighted by molar-refractivity contribution is -0.123. The van der Waals surface area contributed by atoms with Crippen LogP contribution in [0.25, 0.3) is 0 Å². The first-order valence-electron chi connectivity index (χ1n) is 6.58.